The number of esters is 1. The van der Waals surface area contributed by atoms with Crippen LogP contribution in [0, 0.1) is 5.92 Å². The van der Waals surface area contributed by atoms with Crippen molar-refractivity contribution in [2.24, 2.45) is 10.9 Å². The number of carbonyl (C=O) groups is 1. The van der Waals surface area contributed by atoms with E-state index in [-0.39, 0.29) is 11.9 Å². The first-order valence-corrected chi connectivity index (χ1v) is 4.50. The molecule has 0 aromatic carbocycles. The Morgan fingerprint density at radius 2 is 2.57 bits per heavy atom. The molecule has 0 aromatic rings. The van der Waals surface area contributed by atoms with Crippen molar-refractivity contribution in [3.63, 3.8) is 0 Å². The summed E-state index contributed by atoms with van der Waals surface area (Å²) in [5.41, 5.74) is -0.862. The molecule has 0 aliphatic heterocycles. The Morgan fingerprint density at radius 3 is 3.00 bits per heavy atom. The number of rotatable bonds is 5. The summed E-state index contributed by atoms with van der Waals surface area (Å²) in [6.45, 7) is 5.66. The van der Waals surface area contributed by atoms with Gasteiger partial charge in [0.05, 0.1) is 0 Å². The Balaban J connectivity index is 2.74. The standard InChI is InChI=1S/C9H12BNO3/c1-3-7-5-9(7,11-6-10-13)8(12)14-4-2/h3,6-7H,1,4-5H2,2H3/b11-6-. The van der Waals surface area contributed by atoms with Gasteiger partial charge in [0.25, 0.3) is 0 Å². The van der Waals surface area contributed by atoms with Crippen LogP contribution in [-0.4, -0.2) is 31.4 Å². The quantitative estimate of drug-likeness (QED) is 0.277. The summed E-state index contributed by atoms with van der Waals surface area (Å²) in [6.07, 6.45) is 3.35. The first-order valence-electron chi connectivity index (χ1n) is 4.50. The van der Waals surface area contributed by atoms with Gasteiger partial charge < -0.3 is 0 Å². The molecule has 1 aliphatic carbocycles. The van der Waals surface area contributed by atoms with Crippen LogP contribution in [0.2, 0.25) is 0 Å². The van der Waals surface area contributed by atoms with E-state index in [2.05, 4.69) is 11.6 Å². The molecule has 0 aromatic heterocycles. The first-order chi connectivity index (χ1) is 6.71. The zero-order valence-electron chi connectivity index (χ0n) is 8.10. The number of hydrogen-bond donors (Lipinski definition) is 0. The molecule has 1 aliphatic rings. The van der Waals surface area contributed by atoms with Crippen LogP contribution >= 0.6 is 0 Å². The van der Waals surface area contributed by atoms with E-state index >= 15 is 0 Å². The number of carbonyl (C=O) groups excluding carboxylic acids is 1. The molecule has 0 spiro atoms. The van der Waals surface area contributed by atoms with E-state index in [0.717, 1.165) is 6.11 Å². The predicted molar refractivity (Wildman–Crippen MR) is 52.6 cm³/mol. The molecular formula is C9H12BNO3. The van der Waals surface area contributed by atoms with Crippen molar-refractivity contribution in [2.45, 2.75) is 18.9 Å². The van der Waals surface area contributed by atoms with Gasteiger partial charge in [-0.2, -0.15) is 0 Å². The van der Waals surface area contributed by atoms with Crippen molar-refractivity contribution in [2.75, 3.05) is 6.61 Å². The van der Waals surface area contributed by atoms with Gasteiger partial charge in [-0.15, -0.1) is 0 Å². The zero-order chi connectivity index (χ0) is 10.6. The van der Waals surface area contributed by atoms with Gasteiger partial charge in [-0.05, 0) is 0 Å². The second-order valence-corrected chi connectivity index (χ2v) is 3.11. The molecule has 0 saturated heterocycles. The Labute approximate surface area is 83.3 Å². The predicted octanol–water partition coefficient (Wildman–Crippen LogP) is 0.572. The fourth-order valence-corrected chi connectivity index (χ4v) is 1.41. The molecule has 0 amide bonds. The van der Waals surface area contributed by atoms with E-state index in [1.165, 1.54) is 0 Å². The van der Waals surface area contributed by atoms with Crippen molar-refractivity contribution in [3.8, 4) is 0 Å². The Hall–Kier alpha value is -1.26. The fourth-order valence-electron chi connectivity index (χ4n) is 1.41. The second-order valence-electron chi connectivity index (χ2n) is 3.11. The van der Waals surface area contributed by atoms with E-state index in [1.807, 2.05) is 0 Å². The maximum atomic E-state index is 11.5. The van der Waals surface area contributed by atoms with Crippen LogP contribution in [0.25, 0.3) is 0 Å². The molecule has 0 radical (unpaired) electrons. The third-order valence-corrected chi connectivity index (χ3v) is 2.26. The third-order valence-electron chi connectivity index (χ3n) is 2.26. The molecule has 2 unspecified atom stereocenters. The van der Waals surface area contributed by atoms with Gasteiger partial charge in [0.2, 0.25) is 0 Å². The van der Waals surface area contributed by atoms with Crippen LogP contribution < -0.4 is 0 Å². The monoisotopic (exact) mass is 193 g/mol. The van der Waals surface area contributed by atoms with E-state index in [4.69, 9.17) is 4.74 Å². The number of aliphatic imine (C=N–C) groups is 1. The average molecular weight is 193 g/mol. The minimum absolute atomic E-state index is 0.00208. The molecule has 14 heavy (non-hydrogen) atoms. The summed E-state index contributed by atoms with van der Waals surface area (Å²) in [7, 11) is 0.555. The summed E-state index contributed by atoms with van der Waals surface area (Å²) < 4.78 is 15.0. The van der Waals surface area contributed by atoms with Gasteiger partial charge in [-0.3, -0.25) is 0 Å². The number of nitrogens with zero attached hydrogens (tertiary/aromatic N) is 1. The van der Waals surface area contributed by atoms with Crippen LogP contribution in [-0.2, 0) is 14.2 Å². The second kappa shape index (κ2) is 4.31. The molecule has 5 heteroatoms. The van der Waals surface area contributed by atoms with Crippen molar-refractivity contribution in [3.05, 3.63) is 12.7 Å². The van der Waals surface area contributed by atoms with Gasteiger partial charge >= 0.3 is 82.5 Å². The van der Waals surface area contributed by atoms with Crippen LogP contribution in [0.4, 0.5) is 0 Å². The Kier molecular flexibility index (Phi) is 3.33. The third kappa shape index (κ3) is 1.81. The summed E-state index contributed by atoms with van der Waals surface area (Å²) >= 11 is 0. The van der Waals surface area contributed by atoms with E-state index in [0.29, 0.717) is 20.2 Å². The van der Waals surface area contributed by atoms with Crippen molar-refractivity contribution < 1.29 is 14.2 Å². The van der Waals surface area contributed by atoms with Crippen molar-refractivity contribution in [1.82, 2.24) is 0 Å². The SMILES string of the molecule is C=CC1CC1(/N=C\B=O)C(=O)OCC. The van der Waals surface area contributed by atoms with Gasteiger partial charge in [0.15, 0.2) is 0 Å². The molecule has 2 atom stereocenters. The van der Waals surface area contributed by atoms with Crippen molar-refractivity contribution >= 4 is 19.2 Å². The molecule has 1 saturated carbocycles. The first kappa shape index (κ1) is 10.8. The molecule has 74 valence electrons. The van der Waals surface area contributed by atoms with Crippen molar-refractivity contribution in [1.29, 1.82) is 0 Å². The van der Waals surface area contributed by atoms with Gasteiger partial charge in [0.1, 0.15) is 0 Å². The average Bonchev–Trinajstić information content (AvgIpc) is 2.90. The summed E-state index contributed by atoms with van der Waals surface area (Å²) in [6, 6.07) is 0. The normalized spacial score (nSPS) is 29.6. The zero-order valence-corrected chi connectivity index (χ0v) is 8.10. The molecule has 1 fully saturated rings. The molecule has 0 heterocycles. The molecule has 0 N–H and O–H groups in total. The minimum atomic E-state index is -0.862. The molecule has 0 bridgehead atoms. The van der Waals surface area contributed by atoms with Crippen LogP contribution in [0.15, 0.2) is 17.6 Å². The summed E-state index contributed by atoms with van der Waals surface area (Å²) in [5.74, 6) is -0.374. The summed E-state index contributed by atoms with van der Waals surface area (Å²) in [5, 5.41) is 0. The summed E-state index contributed by atoms with van der Waals surface area (Å²) in [4.78, 5) is 15.4. The fraction of sp³-hybridized carbons (Fsp3) is 0.556. The molecule has 1 rings (SSSR count). The van der Waals surface area contributed by atoms with Gasteiger partial charge in [0, 0.05) is 0 Å². The Morgan fingerprint density at radius 1 is 1.86 bits per heavy atom. The van der Waals surface area contributed by atoms with E-state index in [1.54, 1.807) is 13.0 Å². The van der Waals surface area contributed by atoms with E-state index in [9.17, 15) is 9.50 Å². The molecular weight excluding hydrogens is 181 g/mol. The number of hydrogen-bond acceptors (Lipinski definition) is 4. The molecule has 4 nitrogen and oxygen atoms in total. The number of ether oxygens (including phenoxy) is 1. The van der Waals surface area contributed by atoms with E-state index < -0.39 is 5.54 Å². The van der Waals surface area contributed by atoms with Gasteiger partial charge in [-0.1, -0.05) is 0 Å². The van der Waals surface area contributed by atoms with Crippen LogP contribution in [0.5, 0.6) is 0 Å². The van der Waals surface area contributed by atoms with Crippen LogP contribution in [0.3, 0.4) is 0 Å². The Bertz CT molecular complexity index is 290. The van der Waals surface area contributed by atoms with Gasteiger partial charge in [-0.25, -0.2) is 0 Å². The van der Waals surface area contributed by atoms with Crippen LogP contribution in [0.1, 0.15) is 13.3 Å². The topological polar surface area (TPSA) is 55.7 Å². The maximum absolute atomic E-state index is 11.5.